The van der Waals surface area contributed by atoms with Crippen molar-refractivity contribution in [2.75, 3.05) is 7.11 Å². The average molecular weight is 322 g/mol. The second-order valence-electron chi connectivity index (χ2n) is 5.71. The Morgan fingerprint density at radius 3 is 2.71 bits per heavy atom. The number of cyclic esters (lactones) is 1. The quantitative estimate of drug-likeness (QED) is 0.638. The van der Waals surface area contributed by atoms with Gasteiger partial charge in [0.15, 0.2) is 5.70 Å². The SMILES string of the molecule is COc1ccc(C(C)C)cc1/C=C1\N=C(c2ccccn2)OC1=O. The van der Waals surface area contributed by atoms with Gasteiger partial charge in [0, 0.05) is 11.8 Å². The van der Waals surface area contributed by atoms with Gasteiger partial charge in [0.05, 0.1) is 7.11 Å². The van der Waals surface area contributed by atoms with Crippen LogP contribution in [0.1, 0.15) is 36.6 Å². The molecule has 3 rings (SSSR count). The molecular formula is C19H18N2O3. The highest BCUT2D eigenvalue weighted by atomic mass is 16.6. The van der Waals surface area contributed by atoms with E-state index < -0.39 is 5.97 Å². The van der Waals surface area contributed by atoms with E-state index in [4.69, 9.17) is 9.47 Å². The van der Waals surface area contributed by atoms with E-state index in [0.29, 0.717) is 17.4 Å². The lowest BCUT2D eigenvalue weighted by Gasteiger charge is -2.10. The standard InChI is InChI=1S/C19H18N2O3/c1-12(2)13-7-8-17(23-3)14(10-13)11-16-19(22)24-18(21-16)15-6-4-5-9-20-15/h4-12H,1-3H3/b16-11-. The Kier molecular flexibility index (Phi) is 4.42. The van der Waals surface area contributed by atoms with Gasteiger partial charge < -0.3 is 9.47 Å². The first-order chi connectivity index (χ1) is 11.6. The zero-order valence-electron chi connectivity index (χ0n) is 13.8. The molecule has 0 bridgehead atoms. The molecule has 0 N–H and O–H groups in total. The zero-order chi connectivity index (χ0) is 17.1. The minimum absolute atomic E-state index is 0.214. The minimum atomic E-state index is -0.493. The number of methoxy groups -OCH3 is 1. The van der Waals surface area contributed by atoms with Gasteiger partial charge in [-0.3, -0.25) is 4.98 Å². The number of benzene rings is 1. The van der Waals surface area contributed by atoms with Gasteiger partial charge >= 0.3 is 5.97 Å². The van der Waals surface area contributed by atoms with Crippen molar-refractivity contribution in [1.82, 2.24) is 4.98 Å². The zero-order valence-corrected chi connectivity index (χ0v) is 13.8. The van der Waals surface area contributed by atoms with Gasteiger partial charge in [0.25, 0.3) is 0 Å². The van der Waals surface area contributed by atoms with E-state index in [-0.39, 0.29) is 11.6 Å². The van der Waals surface area contributed by atoms with Crippen LogP contribution in [0.25, 0.3) is 6.08 Å². The topological polar surface area (TPSA) is 60.8 Å². The number of aromatic nitrogens is 1. The largest absolute Gasteiger partial charge is 0.496 e. The summed E-state index contributed by atoms with van der Waals surface area (Å²) < 4.78 is 10.6. The van der Waals surface area contributed by atoms with Gasteiger partial charge in [0.2, 0.25) is 5.90 Å². The van der Waals surface area contributed by atoms with Crippen LogP contribution >= 0.6 is 0 Å². The molecule has 0 spiro atoms. The summed E-state index contributed by atoms with van der Waals surface area (Å²) in [6, 6.07) is 11.3. The van der Waals surface area contributed by atoms with E-state index >= 15 is 0 Å². The molecule has 0 fully saturated rings. The first kappa shape index (κ1) is 15.9. The van der Waals surface area contributed by atoms with Crippen molar-refractivity contribution in [3.63, 3.8) is 0 Å². The minimum Gasteiger partial charge on any atom is -0.496 e. The number of pyridine rings is 1. The summed E-state index contributed by atoms with van der Waals surface area (Å²) in [6.45, 7) is 4.22. The molecule has 1 aromatic heterocycles. The molecule has 0 atom stereocenters. The van der Waals surface area contributed by atoms with E-state index in [1.54, 1.807) is 31.5 Å². The van der Waals surface area contributed by atoms with Crippen molar-refractivity contribution < 1.29 is 14.3 Å². The fraction of sp³-hybridized carbons (Fsp3) is 0.211. The van der Waals surface area contributed by atoms with Crippen molar-refractivity contribution >= 4 is 17.9 Å². The van der Waals surface area contributed by atoms with Crippen LogP contribution in [-0.4, -0.2) is 24.0 Å². The van der Waals surface area contributed by atoms with Crippen molar-refractivity contribution in [2.45, 2.75) is 19.8 Å². The molecule has 0 amide bonds. The number of ether oxygens (including phenoxy) is 2. The highest BCUT2D eigenvalue weighted by molar-refractivity contribution is 6.12. The summed E-state index contributed by atoms with van der Waals surface area (Å²) in [6.07, 6.45) is 3.31. The second-order valence-corrected chi connectivity index (χ2v) is 5.71. The van der Waals surface area contributed by atoms with Gasteiger partial charge in [-0.05, 0) is 41.8 Å². The Labute approximate surface area is 140 Å². The normalized spacial score (nSPS) is 15.6. The average Bonchev–Trinajstić information content (AvgIpc) is 2.96. The lowest BCUT2D eigenvalue weighted by molar-refractivity contribution is -0.129. The molecule has 0 unspecified atom stereocenters. The van der Waals surface area contributed by atoms with Crippen molar-refractivity contribution in [3.8, 4) is 5.75 Å². The number of carbonyl (C=O) groups excluding carboxylic acids is 1. The monoisotopic (exact) mass is 322 g/mol. The molecule has 5 nitrogen and oxygen atoms in total. The predicted molar refractivity (Wildman–Crippen MR) is 91.9 cm³/mol. The summed E-state index contributed by atoms with van der Waals surface area (Å²) in [5.74, 6) is 0.774. The number of rotatable bonds is 4. The number of esters is 1. The molecule has 5 heteroatoms. The molecule has 0 saturated carbocycles. The maximum Gasteiger partial charge on any atom is 0.363 e. The van der Waals surface area contributed by atoms with Crippen LogP contribution in [0, 0.1) is 0 Å². The highest BCUT2D eigenvalue weighted by Crippen LogP contribution is 2.28. The Balaban J connectivity index is 2.00. The van der Waals surface area contributed by atoms with Crippen LogP contribution in [-0.2, 0) is 9.53 Å². The van der Waals surface area contributed by atoms with Gasteiger partial charge in [-0.2, -0.15) is 0 Å². The molecule has 1 aliphatic rings. The predicted octanol–water partition coefficient (Wildman–Crippen LogP) is 3.56. The lowest BCUT2D eigenvalue weighted by atomic mass is 10.00. The van der Waals surface area contributed by atoms with Crippen molar-refractivity contribution in [3.05, 3.63) is 65.1 Å². The van der Waals surface area contributed by atoms with E-state index in [2.05, 4.69) is 23.8 Å². The van der Waals surface area contributed by atoms with Crippen LogP contribution in [0.2, 0.25) is 0 Å². The molecule has 24 heavy (non-hydrogen) atoms. The summed E-state index contributed by atoms with van der Waals surface area (Å²) in [5, 5.41) is 0. The van der Waals surface area contributed by atoms with E-state index in [0.717, 1.165) is 11.1 Å². The van der Waals surface area contributed by atoms with Crippen molar-refractivity contribution in [1.29, 1.82) is 0 Å². The van der Waals surface area contributed by atoms with Crippen molar-refractivity contribution in [2.24, 2.45) is 4.99 Å². The van der Waals surface area contributed by atoms with Gasteiger partial charge in [0.1, 0.15) is 11.4 Å². The molecule has 2 heterocycles. The molecule has 122 valence electrons. The van der Waals surface area contributed by atoms with E-state index in [9.17, 15) is 4.79 Å². The number of carbonyl (C=O) groups is 1. The van der Waals surface area contributed by atoms with Gasteiger partial charge in [-0.25, -0.2) is 9.79 Å². The lowest BCUT2D eigenvalue weighted by Crippen LogP contribution is -2.06. The molecule has 0 radical (unpaired) electrons. The summed E-state index contributed by atoms with van der Waals surface area (Å²) in [5.41, 5.74) is 2.71. The smallest absolute Gasteiger partial charge is 0.363 e. The number of nitrogens with zero attached hydrogens (tertiary/aromatic N) is 2. The van der Waals surface area contributed by atoms with Crippen LogP contribution in [0.4, 0.5) is 0 Å². The van der Waals surface area contributed by atoms with Gasteiger partial charge in [-0.1, -0.05) is 26.0 Å². The Morgan fingerprint density at radius 1 is 1.21 bits per heavy atom. The summed E-state index contributed by atoms with van der Waals surface area (Å²) in [4.78, 5) is 20.5. The molecule has 0 saturated heterocycles. The summed E-state index contributed by atoms with van der Waals surface area (Å²) in [7, 11) is 1.60. The van der Waals surface area contributed by atoms with Crippen LogP contribution < -0.4 is 4.74 Å². The van der Waals surface area contributed by atoms with Crippen LogP contribution in [0.15, 0.2) is 53.3 Å². The maximum atomic E-state index is 12.1. The Morgan fingerprint density at radius 2 is 2.04 bits per heavy atom. The second kappa shape index (κ2) is 6.66. The number of hydrogen-bond acceptors (Lipinski definition) is 5. The third-order valence-corrected chi connectivity index (χ3v) is 3.72. The van der Waals surface area contributed by atoms with E-state index in [1.165, 1.54) is 0 Å². The first-order valence-electron chi connectivity index (χ1n) is 7.70. The number of hydrogen-bond donors (Lipinski definition) is 0. The number of aliphatic imine (C=N–C) groups is 1. The first-order valence-corrected chi connectivity index (χ1v) is 7.70. The third kappa shape index (κ3) is 3.20. The fourth-order valence-corrected chi connectivity index (χ4v) is 2.38. The van der Waals surface area contributed by atoms with Crippen LogP contribution in [0.5, 0.6) is 5.75 Å². The molecule has 1 aromatic carbocycles. The molecule has 0 aliphatic carbocycles. The van der Waals surface area contributed by atoms with Gasteiger partial charge in [-0.15, -0.1) is 0 Å². The molecule has 1 aliphatic heterocycles. The fourth-order valence-electron chi connectivity index (χ4n) is 2.38. The van der Waals surface area contributed by atoms with Crippen LogP contribution in [0.3, 0.4) is 0 Å². The molecule has 2 aromatic rings. The Bertz CT molecular complexity index is 824. The third-order valence-electron chi connectivity index (χ3n) is 3.72. The highest BCUT2D eigenvalue weighted by Gasteiger charge is 2.25. The maximum absolute atomic E-state index is 12.1. The summed E-state index contributed by atoms with van der Waals surface area (Å²) >= 11 is 0. The van der Waals surface area contributed by atoms with E-state index in [1.807, 2.05) is 24.3 Å². The molecular weight excluding hydrogens is 304 g/mol. The Hall–Kier alpha value is -2.95.